The van der Waals surface area contributed by atoms with Gasteiger partial charge in [0.25, 0.3) is 0 Å². The van der Waals surface area contributed by atoms with Gasteiger partial charge in [0.15, 0.2) is 5.16 Å². The summed E-state index contributed by atoms with van der Waals surface area (Å²) >= 11 is 3.06. The summed E-state index contributed by atoms with van der Waals surface area (Å²) in [7, 11) is 1.71. The van der Waals surface area contributed by atoms with Crippen LogP contribution >= 0.6 is 23.5 Å². The molecule has 1 aliphatic heterocycles. The van der Waals surface area contributed by atoms with E-state index in [1.54, 1.807) is 25.1 Å². The Kier molecular flexibility index (Phi) is 8.54. The van der Waals surface area contributed by atoms with Crippen molar-refractivity contribution in [3.8, 4) is 5.75 Å². The van der Waals surface area contributed by atoms with Crippen molar-refractivity contribution in [2.45, 2.75) is 16.6 Å². The minimum Gasteiger partial charge on any atom is -0.495 e. The summed E-state index contributed by atoms with van der Waals surface area (Å²) < 4.78 is 5.51. The van der Waals surface area contributed by atoms with Crippen LogP contribution in [0.3, 0.4) is 0 Å². The average molecular weight is 496 g/mol. The summed E-state index contributed by atoms with van der Waals surface area (Å²) in [4.78, 5) is 27.1. The molecule has 1 fully saturated rings. The Balaban J connectivity index is 1.26. The predicted molar refractivity (Wildman–Crippen MR) is 140 cm³/mol. The van der Waals surface area contributed by atoms with Crippen LogP contribution in [-0.2, 0) is 11.3 Å². The van der Waals surface area contributed by atoms with Gasteiger partial charge in [-0.15, -0.1) is 11.8 Å². The summed E-state index contributed by atoms with van der Waals surface area (Å²) in [5.41, 5.74) is 2.21. The Labute approximate surface area is 209 Å². The van der Waals surface area contributed by atoms with Gasteiger partial charge in [0.05, 0.1) is 18.6 Å². The predicted octanol–water partition coefficient (Wildman–Crippen LogP) is 3.94. The molecule has 7 nitrogen and oxygen atoms in total. The van der Waals surface area contributed by atoms with E-state index in [9.17, 15) is 4.79 Å². The van der Waals surface area contributed by atoms with Crippen molar-refractivity contribution in [1.29, 1.82) is 0 Å². The fraction of sp³-hybridized carbons (Fsp3) is 0.320. The minimum atomic E-state index is -0.0293. The third kappa shape index (κ3) is 6.36. The fourth-order valence-corrected chi connectivity index (χ4v) is 4.83. The SMILES string of the molecule is COc1ccccc1N1CCN(c2ccnc(SCC(=O)NCc3ccc(SC)cc3)n2)CC1. The molecule has 3 aromatic rings. The van der Waals surface area contributed by atoms with Gasteiger partial charge in [-0.05, 0) is 42.2 Å². The molecule has 0 saturated carbocycles. The lowest BCUT2D eigenvalue weighted by molar-refractivity contribution is -0.118. The number of carbonyl (C=O) groups excluding carboxylic acids is 1. The Bertz CT molecular complexity index is 1090. The first kappa shape index (κ1) is 24.2. The lowest BCUT2D eigenvalue weighted by Gasteiger charge is -2.37. The number of methoxy groups -OCH3 is 1. The summed E-state index contributed by atoms with van der Waals surface area (Å²) in [5, 5.41) is 3.58. The van der Waals surface area contributed by atoms with Crippen LogP contribution in [-0.4, -0.2) is 61.2 Å². The number of rotatable bonds is 9. The van der Waals surface area contributed by atoms with E-state index < -0.39 is 0 Å². The molecule has 178 valence electrons. The molecule has 1 aliphatic rings. The van der Waals surface area contributed by atoms with Crippen molar-refractivity contribution in [2.24, 2.45) is 0 Å². The van der Waals surface area contributed by atoms with Crippen molar-refractivity contribution in [2.75, 3.05) is 55.1 Å². The molecular weight excluding hydrogens is 466 g/mol. The van der Waals surface area contributed by atoms with Crippen LogP contribution in [0.4, 0.5) is 11.5 Å². The second kappa shape index (κ2) is 12.0. The second-order valence-corrected chi connectivity index (χ2v) is 9.58. The van der Waals surface area contributed by atoms with Crippen LogP contribution in [0, 0.1) is 0 Å². The Morgan fingerprint density at radius 1 is 1.03 bits per heavy atom. The normalized spacial score (nSPS) is 13.6. The van der Waals surface area contributed by atoms with Crippen molar-refractivity contribution in [3.63, 3.8) is 0 Å². The summed E-state index contributed by atoms with van der Waals surface area (Å²) in [6.07, 6.45) is 3.82. The van der Waals surface area contributed by atoms with Gasteiger partial charge in [0.2, 0.25) is 5.91 Å². The van der Waals surface area contributed by atoms with Crippen LogP contribution < -0.4 is 19.9 Å². The minimum absolute atomic E-state index is 0.0293. The number of nitrogens with zero attached hydrogens (tertiary/aromatic N) is 4. The highest BCUT2D eigenvalue weighted by Gasteiger charge is 2.21. The van der Waals surface area contributed by atoms with E-state index in [0.717, 1.165) is 49.0 Å². The molecule has 2 aromatic carbocycles. The molecular formula is C25H29N5O2S2. The van der Waals surface area contributed by atoms with Gasteiger partial charge >= 0.3 is 0 Å². The number of thioether (sulfide) groups is 2. The summed E-state index contributed by atoms with van der Waals surface area (Å²) in [6, 6.07) is 18.3. The van der Waals surface area contributed by atoms with Crippen LogP contribution in [0.1, 0.15) is 5.56 Å². The number of nitrogens with one attached hydrogen (secondary N) is 1. The number of piperazine rings is 1. The lowest BCUT2D eigenvalue weighted by atomic mass is 10.2. The second-order valence-electron chi connectivity index (χ2n) is 7.76. The zero-order valence-electron chi connectivity index (χ0n) is 19.4. The van der Waals surface area contributed by atoms with E-state index >= 15 is 0 Å². The Morgan fingerprint density at radius 2 is 1.76 bits per heavy atom. The number of ether oxygens (including phenoxy) is 1. The number of benzene rings is 2. The smallest absolute Gasteiger partial charge is 0.230 e. The van der Waals surface area contributed by atoms with Gasteiger partial charge in [0.1, 0.15) is 11.6 Å². The highest BCUT2D eigenvalue weighted by atomic mass is 32.2. The van der Waals surface area contributed by atoms with Crippen molar-refractivity contribution in [1.82, 2.24) is 15.3 Å². The number of aromatic nitrogens is 2. The van der Waals surface area contributed by atoms with E-state index in [4.69, 9.17) is 4.74 Å². The van der Waals surface area contributed by atoms with E-state index in [1.807, 2.05) is 42.7 Å². The van der Waals surface area contributed by atoms with Gasteiger partial charge in [-0.1, -0.05) is 36.0 Å². The molecule has 0 spiro atoms. The molecule has 34 heavy (non-hydrogen) atoms. The van der Waals surface area contributed by atoms with Gasteiger partial charge in [0, 0.05) is 43.8 Å². The van der Waals surface area contributed by atoms with Crippen LogP contribution in [0.5, 0.6) is 5.75 Å². The zero-order valence-corrected chi connectivity index (χ0v) is 21.1. The van der Waals surface area contributed by atoms with Crippen molar-refractivity contribution in [3.05, 3.63) is 66.4 Å². The van der Waals surface area contributed by atoms with Crippen LogP contribution in [0.25, 0.3) is 0 Å². The van der Waals surface area contributed by atoms with E-state index in [0.29, 0.717) is 11.7 Å². The fourth-order valence-electron chi connectivity index (χ4n) is 3.77. The molecule has 0 bridgehead atoms. The average Bonchev–Trinajstić information content (AvgIpc) is 2.91. The van der Waals surface area contributed by atoms with Gasteiger partial charge in [-0.3, -0.25) is 4.79 Å². The Morgan fingerprint density at radius 3 is 2.50 bits per heavy atom. The summed E-state index contributed by atoms with van der Waals surface area (Å²) in [6.45, 7) is 4.00. The number of carbonyl (C=O) groups is 1. The first-order chi connectivity index (χ1) is 16.7. The molecule has 2 heterocycles. The highest BCUT2D eigenvalue weighted by Crippen LogP contribution is 2.29. The molecule has 1 aromatic heterocycles. The third-order valence-corrected chi connectivity index (χ3v) is 7.23. The van der Waals surface area contributed by atoms with Crippen molar-refractivity contribution >= 4 is 40.9 Å². The standard InChI is InChI=1S/C25H29N5O2S2/c1-32-22-6-4-3-5-21(22)29-13-15-30(16-14-29)23-11-12-26-25(28-23)34-18-24(31)27-17-19-7-9-20(33-2)10-8-19/h3-12H,13-18H2,1-2H3,(H,27,31). The number of amides is 1. The van der Waals surface area contributed by atoms with Crippen LogP contribution in [0.2, 0.25) is 0 Å². The van der Waals surface area contributed by atoms with E-state index in [-0.39, 0.29) is 11.7 Å². The maximum atomic E-state index is 12.3. The molecule has 1 saturated heterocycles. The summed E-state index contributed by atoms with van der Waals surface area (Å²) in [5.74, 6) is 2.05. The zero-order chi connectivity index (χ0) is 23.8. The topological polar surface area (TPSA) is 70.6 Å². The largest absolute Gasteiger partial charge is 0.495 e. The van der Waals surface area contributed by atoms with Crippen LogP contribution in [0.15, 0.2) is 70.8 Å². The molecule has 1 amide bonds. The van der Waals surface area contributed by atoms with Crippen molar-refractivity contribution < 1.29 is 9.53 Å². The van der Waals surface area contributed by atoms with E-state index in [1.165, 1.54) is 16.7 Å². The molecule has 0 aliphatic carbocycles. The molecule has 9 heteroatoms. The van der Waals surface area contributed by atoms with E-state index in [2.05, 4.69) is 43.3 Å². The van der Waals surface area contributed by atoms with Gasteiger partial charge < -0.3 is 19.9 Å². The molecule has 1 N–H and O–H groups in total. The number of hydrogen-bond acceptors (Lipinski definition) is 8. The molecule has 0 unspecified atom stereocenters. The Hall–Kier alpha value is -2.91. The first-order valence-corrected chi connectivity index (χ1v) is 13.4. The molecule has 0 radical (unpaired) electrons. The quantitative estimate of drug-likeness (QED) is 0.354. The van der Waals surface area contributed by atoms with Gasteiger partial charge in [-0.25, -0.2) is 9.97 Å². The maximum absolute atomic E-state index is 12.3. The molecule has 0 atom stereocenters. The maximum Gasteiger partial charge on any atom is 0.230 e. The third-order valence-electron chi connectivity index (χ3n) is 5.63. The first-order valence-electron chi connectivity index (χ1n) is 11.1. The van der Waals surface area contributed by atoms with Gasteiger partial charge in [-0.2, -0.15) is 0 Å². The number of hydrogen-bond donors (Lipinski definition) is 1. The number of para-hydroxylation sites is 2. The lowest BCUT2D eigenvalue weighted by Crippen LogP contribution is -2.47. The number of anilines is 2. The highest BCUT2D eigenvalue weighted by molar-refractivity contribution is 7.99. The molecule has 4 rings (SSSR count). The monoisotopic (exact) mass is 495 g/mol.